The van der Waals surface area contributed by atoms with Gasteiger partial charge in [0.05, 0.1) is 16.7 Å². The Bertz CT molecular complexity index is 1120. The van der Waals surface area contributed by atoms with E-state index in [-0.39, 0.29) is 0 Å². The summed E-state index contributed by atoms with van der Waals surface area (Å²) < 4.78 is 1.84. The van der Waals surface area contributed by atoms with Gasteiger partial charge in [0.1, 0.15) is 12.1 Å². The summed E-state index contributed by atoms with van der Waals surface area (Å²) in [5.41, 5.74) is 14.3. The Balaban J connectivity index is 1.96. The second kappa shape index (κ2) is 6.66. The lowest BCUT2D eigenvalue weighted by atomic mass is 9.95. The van der Waals surface area contributed by atoms with Crippen LogP contribution in [0, 0.1) is 13.8 Å². The van der Waals surface area contributed by atoms with Crippen molar-refractivity contribution >= 4 is 22.5 Å². The van der Waals surface area contributed by atoms with Crippen LogP contribution in [0.25, 0.3) is 27.9 Å². The van der Waals surface area contributed by atoms with Crippen molar-refractivity contribution in [3.05, 3.63) is 41.3 Å². The van der Waals surface area contributed by atoms with E-state index in [1.807, 2.05) is 10.6 Å². The Morgan fingerprint density at radius 1 is 1.22 bits per heavy atom. The Morgan fingerprint density at radius 3 is 2.78 bits per heavy atom. The number of nitrogens with zero attached hydrogens (tertiary/aromatic N) is 4. The van der Waals surface area contributed by atoms with Crippen LogP contribution in [-0.2, 0) is 0 Å². The number of nitrogens with one attached hydrogen (secondary N) is 2. The first-order valence-electron chi connectivity index (χ1n) is 9.27. The lowest BCUT2D eigenvalue weighted by Crippen LogP contribution is -2.13. The standard InChI is InChI=1S/C20H25N7/c1-11(2)17-18(14-9-27-20(23-10-24-27)13(4)12(14)3)25-15-5-6-16(22-8-7-21)26-19(15)17/h5-6,9-11,25H,7-8,21H2,1-4H3,(H,22,26). The minimum Gasteiger partial charge on any atom is -0.369 e. The number of hydrogen-bond donors (Lipinski definition) is 3. The number of fused-ring (bicyclic) bond motifs is 2. The number of rotatable bonds is 5. The fourth-order valence-electron chi connectivity index (χ4n) is 3.61. The van der Waals surface area contributed by atoms with Gasteiger partial charge in [-0.1, -0.05) is 13.8 Å². The van der Waals surface area contributed by atoms with Crippen molar-refractivity contribution in [1.29, 1.82) is 0 Å². The van der Waals surface area contributed by atoms with Crippen LogP contribution in [0.1, 0.15) is 36.5 Å². The number of aromatic nitrogens is 5. The molecular weight excluding hydrogens is 338 g/mol. The molecule has 0 aromatic carbocycles. The van der Waals surface area contributed by atoms with Crippen LogP contribution in [0.15, 0.2) is 24.7 Å². The predicted octanol–water partition coefficient (Wildman–Crippen LogP) is 3.38. The number of aromatic amines is 1. The first-order valence-corrected chi connectivity index (χ1v) is 9.27. The minimum absolute atomic E-state index is 0.317. The summed E-state index contributed by atoms with van der Waals surface area (Å²) in [5, 5.41) is 7.61. The average molecular weight is 363 g/mol. The van der Waals surface area contributed by atoms with Gasteiger partial charge in [-0.25, -0.2) is 14.5 Å². The molecule has 0 atom stereocenters. The third-order valence-corrected chi connectivity index (χ3v) is 5.10. The number of nitrogens with two attached hydrogens (primary N) is 1. The number of pyridine rings is 2. The largest absolute Gasteiger partial charge is 0.369 e. The molecule has 0 aliphatic carbocycles. The summed E-state index contributed by atoms with van der Waals surface area (Å²) in [5.74, 6) is 1.16. The molecule has 0 aliphatic heterocycles. The van der Waals surface area contributed by atoms with E-state index in [0.717, 1.165) is 39.3 Å². The third kappa shape index (κ3) is 2.84. The molecule has 4 heterocycles. The highest BCUT2D eigenvalue weighted by Crippen LogP contribution is 2.37. The van der Waals surface area contributed by atoms with E-state index in [1.54, 1.807) is 6.33 Å². The SMILES string of the molecule is Cc1c(-c2[nH]c3ccc(NCCN)nc3c2C(C)C)cn2ncnc2c1C. The quantitative estimate of drug-likeness (QED) is 0.505. The highest BCUT2D eigenvalue weighted by molar-refractivity contribution is 5.90. The van der Waals surface area contributed by atoms with Crippen LogP contribution in [0.2, 0.25) is 0 Å². The predicted molar refractivity (Wildman–Crippen MR) is 109 cm³/mol. The zero-order chi connectivity index (χ0) is 19.1. The van der Waals surface area contributed by atoms with E-state index in [2.05, 4.69) is 60.3 Å². The van der Waals surface area contributed by atoms with Gasteiger partial charge in [0.25, 0.3) is 0 Å². The molecular formula is C20H25N7. The molecule has 4 aromatic rings. The van der Waals surface area contributed by atoms with E-state index in [4.69, 9.17) is 10.7 Å². The molecule has 0 spiro atoms. The van der Waals surface area contributed by atoms with E-state index in [0.29, 0.717) is 19.0 Å². The van der Waals surface area contributed by atoms with Crippen molar-refractivity contribution in [3.8, 4) is 11.3 Å². The molecule has 7 heteroatoms. The van der Waals surface area contributed by atoms with Gasteiger partial charge in [0, 0.05) is 30.4 Å². The molecule has 0 fully saturated rings. The zero-order valence-corrected chi connectivity index (χ0v) is 16.2. The molecule has 140 valence electrons. The van der Waals surface area contributed by atoms with Gasteiger partial charge >= 0.3 is 0 Å². The van der Waals surface area contributed by atoms with Gasteiger partial charge in [0.15, 0.2) is 5.65 Å². The summed E-state index contributed by atoms with van der Waals surface area (Å²) >= 11 is 0. The molecule has 4 rings (SSSR count). The third-order valence-electron chi connectivity index (χ3n) is 5.10. The molecule has 0 unspecified atom stereocenters. The normalized spacial score (nSPS) is 11.8. The maximum absolute atomic E-state index is 5.60. The summed E-state index contributed by atoms with van der Waals surface area (Å²) in [6.45, 7) is 9.90. The first kappa shape index (κ1) is 17.5. The fourth-order valence-corrected chi connectivity index (χ4v) is 3.61. The highest BCUT2D eigenvalue weighted by Gasteiger charge is 2.21. The van der Waals surface area contributed by atoms with Gasteiger partial charge in [-0.05, 0) is 43.0 Å². The lowest BCUT2D eigenvalue weighted by Gasteiger charge is -2.13. The van der Waals surface area contributed by atoms with Crippen LogP contribution in [0.4, 0.5) is 5.82 Å². The Labute approximate surface area is 158 Å². The number of anilines is 1. The number of H-pyrrole nitrogens is 1. The molecule has 7 nitrogen and oxygen atoms in total. The molecule has 0 bridgehead atoms. The van der Waals surface area contributed by atoms with Gasteiger partial charge in [-0.3, -0.25) is 0 Å². The smallest absolute Gasteiger partial charge is 0.158 e. The van der Waals surface area contributed by atoms with Crippen molar-refractivity contribution in [2.45, 2.75) is 33.6 Å². The van der Waals surface area contributed by atoms with Crippen LogP contribution in [0.3, 0.4) is 0 Å². The van der Waals surface area contributed by atoms with E-state index in [9.17, 15) is 0 Å². The maximum atomic E-state index is 5.60. The highest BCUT2D eigenvalue weighted by atomic mass is 15.3. The summed E-state index contributed by atoms with van der Waals surface area (Å²) in [4.78, 5) is 12.8. The van der Waals surface area contributed by atoms with Gasteiger partial charge < -0.3 is 16.0 Å². The number of aryl methyl sites for hydroxylation is 1. The van der Waals surface area contributed by atoms with Crippen molar-refractivity contribution in [3.63, 3.8) is 0 Å². The molecule has 27 heavy (non-hydrogen) atoms. The minimum atomic E-state index is 0.317. The van der Waals surface area contributed by atoms with Crippen LogP contribution in [0.5, 0.6) is 0 Å². The van der Waals surface area contributed by atoms with Gasteiger partial charge in [-0.15, -0.1) is 0 Å². The van der Waals surface area contributed by atoms with Crippen molar-refractivity contribution < 1.29 is 0 Å². The van der Waals surface area contributed by atoms with Crippen molar-refractivity contribution in [2.24, 2.45) is 5.73 Å². The van der Waals surface area contributed by atoms with Crippen LogP contribution in [-0.4, -0.2) is 37.7 Å². The summed E-state index contributed by atoms with van der Waals surface area (Å²) in [6, 6.07) is 4.06. The lowest BCUT2D eigenvalue weighted by molar-refractivity contribution is 0.873. The molecule has 4 N–H and O–H groups in total. The van der Waals surface area contributed by atoms with Crippen LogP contribution >= 0.6 is 0 Å². The molecule has 4 aromatic heterocycles. The Hall–Kier alpha value is -2.93. The topological polar surface area (TPSA) is 96.9 Å². The van der Waals surface area contributed by atoms with E-state index >= 15 is 0 Å². The maximum Gasteiger partial charge on any atom is 0.158 e. The van der Waals surface area contributed by atoms with Gasteiger partial charge in [0.2, 0.25) is 0 Å². The van der Waals surface area contributed by atoms with Crippen LogP contribution < -0.4 is 11.1 Å². The zero-order valence-electron chi connectivity index (χ0n) is 16.2. The molecule has 0 saturated heterocycles. The second-order valence-electron chi connectivity index (χ2n) is 7.20. The Morgan fingerprint density at radius 2 is 2.04 bits per heavy atom. The van der Waals surface area contributed by atoms with Crippen molar-refractivity contribution in [2.75, 3.05) is 18.4 Å². The average Bonchev–Trinajstić information content (AvgIpc) is 3.26. The monoisotopic (exact) mass is 363 g/mol. The van der Waals surface area contributed by atoms with E-state index < -0.39 is 0 Å². The van der Waals surface area contributed by atoms with E-state index in [1.165, 1.54) is 11.1 Å². The fraction of sp³-hybridized carbons (Fsp3) is 0.350. The Kier molecular flexibility index (Phi) is 4.31. The molecule has 0 saturated carbocycles. The number of hydrogen-bond acceptors (Lipinski definition) is 5. The summed E-state index contributed by atoms with van der Waals surface area (Å²) in [7, 11) is 0. The first-order chi connectivity index (χ1) is 13.0. The summed E-state index contributed by atoms with van der Waals surface area (Å²) in [6.07, 6.45) is 3.64. The van der Waals surface area contributed by atoms with Crippen molar-refractivity contribution in [1.82, 2.24) is 24.6 Å². The molecule has 0 amide bonds. The molecule has 0 aliphatic rings. The molecule has 0 radical (unpaired) electrons. The second-order valence-corrected chi connectivity index (χ2v) is 7.20. The van der Waals surface area contributed by atoms with Gasteiger partial charge in [-0.2, -0.15) is 5.10 Å².